The average molecular weight is 252 g/mol. The molecule has 1 aromatic heterocycles. The van der Waals surface area contributed by atoms with Gasteiger partial charge in [-0.05, 0) is 43.0 Å². The molecule has 1 N–H and O–H groups in total. The molecule has 0 saturated heterocycles. The van der Waals surface area contributed by atoms with Crippen molar-refractivity contribution in [2.75, 3.05) is 0 Å². The third kappa shape index (κ3) is 2.12. The van der Waals surface area contributed by atoms with E-state index < -0.39 is 0 Å². The smallest absolute Gasteiger partial charge is 0.270 e. The highest BCUT2D eigenvalue weighted by molar-refractivity contribution is 5.92. The molecule has 1 heterocycles. The standard InChI is InChI=1S/C16H16N2O/c1-16(10-9-12-6-2-3-7-13(12)16)18-15(19)14-8-4-5-11-17-14/h2-8,11H,9-10H2,1H3,(H,18,19). The van der Waals surface area contributed by atoms with Crippen LogP contribution in [0.1, 0.15) is 35.0 Å². The molecule has 0 radical (unpaired) electrons. The predicted octanol–water partition coefficient (Wildman–Crippen LogP) is 2.67. The average Bonchev–Trinajstić information content (AvgIpc) is 2.78. The summed E-state index contributed by atoms with van der Waals surface area (Å²) in [6, 6.07) is 13.7. The number of nitrogens with zero attached hydrogens (tertiary/aromatic N) is 1. The molecule has 1 aliphatic rings. The molecule has 0 spiro atoms. The lowest BCUT2D eigenvalue weighted by molar-refractivity contribution is 0.0899. The van der Waals surface area contributed by atoms with Gasteiger partial charge in [-0.2, -0.15) is 0 Å². The fraction of sp³-hybridized carbons (Fsp3) is 0.250. The van der Waals surface area contributed by atoms with Gasteiger partial charge in [-0.25, -0.2) is 0 Å². The summed E-state index contributed by atoms with van der Waals surface area (Å²) in [5.41, 5.74) is 2.73. The molecule has 0 bridgehead atoms. The van der Waals surface area contributed by atoms with Gasteiger partial charge in [0.25, 0.3) is 5.91 Å². The number of nitrogens with one attached hydrogen (secondary N) is 1. The van der Waals surface area contributed by atoms with E-state index in [1.807, 2.05) is 24.3 Å². The summed E-state index contributed by atoms with van der Waals surface area (Å²) in [6.45, 7) is 2.08. The van der Waals surface area contributed by atoms with E-state index in [1.54, 1.807) is 12.3 Å². The van der Waals surface area contributed by atoms with Crippen LogP contribution < -0.4 is 5.32 Å². The summed E-state index contributed by atoms with van der Waals surface area (Å²) in [7, 11) is 0. The molecule has 1 aromatic carbocycles. The highest BCUT2D eigenvalue weighted by Gasteiger charge is 2.35. The monoisotopic (exact) mass is 252 g/mol. The molecule has 96 valence electrons. The van der Waals surface area contributed by atoms with Crippen molar-refractivity contribution in [3.05, 3.63) is 65.5 Å². The third-order valence-corrected chi connectivity index (χ3v) is 3.79. The Hall–Kier alpha value is -2.16. The van der Waals surface area contributed by atoms with E-state index in [1.165, 1.54) is 11.1 Å². The summed E-state index contributed by atoms with van der Waals surface area (Å²) < 4.78 is 0. The van der Waals surface area contributed by atoms with Gasteiger partial charge in [0.15, 0.2) is 0 Å². The van der Waals surface area contributed by atoms with Gasteiger partial charge in [0, 0.05) is 6.20 Å². The maximum absolute atomic E-state index is 12.2. The van der Waals surface area contributed by atoms with E-state index in [0.717, 1.165) is 12.8 Å². The SMILES string of the molecule is CC1(NC(=O)c2ccccn2)CCc2ccccc21. The van der Waals surface area contributed by atoms with Crippen LogP contribution in [0.25, 0.3) is 0 Å². The molecule has 19 heavy (non-hydrogen) atoms. The van der Waals surface area contributed by atoms with E-state index in [2.05, 4.69) is 29.4 Å². The Morgan fingerprint density at radius 2 is 2.00 bits per heavy atom. The molecule has 1 unspecified atom stereocenters. The van der Waals surface area contributed by atoms with Crippen LogP contribution in [0.2, 0.25) is 0 Å². The lowest BCUT2D eigenvalue weighted by Gasteiger charge is -2.27. The van der Waals surface area contributed by atoms with Crippen LogP contribution in [0.15, 0.2) is 48.7 Å². The number of hydrogen-bond donors (Lipinski definition) is 1. The number of hydrogen-bond acceptors (Lipinski definition) is 2. The van der Waals surface area contributed by atoms with Crippen LogP contribution in [0.4, 0.5) is 0 Å². The van der Waals surface area contributed by atoms with Crippen molar-refractivity contribution in [3.63, 3.8) is 0 Å². The van der Waals surface area contributed by atoms with E-state index >= 15 is 0 Å². The minimum absolute atomic E-state index is 0.111. The number of fused-ring (bicyclic) bond motifs is 1. The molecule has 0 fully saturated rings. The van der Waals surface area contributed by atoms with Gasteiger partial charge in [0.2, 0.25) is 0 Å². The normalized spacial score (nSPS) is 20.9. The van der Waals surface area contributed by atoms with Gasteiger partial charge in [0.05, 0.1) is 5.54 Å². The summed E-state index contributed by atoms with van der Waals surface area (Å²) in [6.07, 6.45) is 3.58. The van der Waals surface area contributed by atoms with Crippen LogP contribution in [0.5, 0.6) is 0 Å². The van der Waals surface area contributed by atoms with Gasteiger partial charge in [-0.3, -0.25) is 9.78 Å². The van der Waals surface area contributed by atoms with Gasteiger partial charge in [-0.15, -0.1) is 0 Å². The molecule has 2 aromatic rings. The summed E-state index contributed by atoms with van der Waals surface area (Å²) in [4.78, 5) is 16.3. The van der Waals surface area contributed by atoms with Crippen LogP contribution >= 0.6 is 0 Å². The minimum Gasteiger partial charge on any atom is -0.341 e. The van der Waals surface area contributed by atoms with Crippen LogP contribution in [-0.4, -0.2) is 10.9 Å². The number of rotatable bonds is 2. The highest BCUT2D eigenvalue weighted by atomic mass is 16.2. The first-order chi connectivity index (χ1) is 9.19. The topological polar surface area (TPSA) is 42.0 Å². The number of aromatic nitrogens is 1. The lowest BCUT2D eigenvalue weighted by Crippen LogP contribution is -2.42. The highest BCUT2D eigenvalue weighted by Crippen LogP contribution is 2.36. The largest absolute Gasteiger partial charge is 0.341 e. The molecule has 3 rings (SSSR count). The second kappa shape index (κ2) is 4.50. The van der Waals surface area contributed by atoms with Crippen molar-refractivity contribution < 1.29 is 4.79 Å². The molecule has 1 atom stereocenters. The van der Waals surface area contributed by atoms with Crippen molar-refractivity contribution in [3.8, 4) is 0 Å². The number of benzene rings is 1. The number of carbonyl (C=O) groups is 1. The molecule has 0 saturated carbocycles. The Kier molecular flexibility index (Phi) is 2.82. The molecule has 3 nitrogen and oxygen atoms in total. The summed E-state index contributed by atoms with van der Waals surface area (Å²) in [5.74, 6) is -0.111. The Bertz CT molecular complexity index is 609. The van der Waals surface area contributed by atoms with E-state index in [-0.39, 0.29) is 11.4 Å². The summed E-state index contributed by atoms with van der Waals surface area (Å²) >= 11 is 0. The Labute approximate surface area is 112 Å². The quantitative estimate of drug-likeness (QED) is 0.892. The predicted molar refractivity (Wildman–Crippen MR) is 73.8 cm³/mol. The van der Waals surface area contributed by atoms with Gasteiger partial charge >= 0.3 is 0 Å². The zero-order chi connectivity index (χ0) is 13.3. The third-order valence-electron chi connectivity index (χ3n) is 3.79. The van der Waals surface area contributed by atoms with Crippen molar-refractivity contribution in [1.29, 1.82) is 0 Å². The van der Waals surface area contributed by atoms with Crippen LogP contribution in [0, 0.1) is 0 Å². The van der Waals surface area contributed by atoms with Crippen LogP contribution in [0.3, 0.4) is 0 Å². The first-order valence-corrected chi connectivity index (χ1v) is 6.51. The molecule has 1 aliphatic carbocycles. The maximum atomic E-state index is 12.2. The van der Waals surface area contributed by atoms with Crippen molar-refractivity contribution in [2.24, 2.45) is 0 Å². The molecule has 0 aliphatic heterocycles. The second-order valence-electron chi connectivity index (χ2n) is 5.16. The minimum atomic E-state index is -0.287. The Morgan fingerprint density at radius 3 is 2.79 bits per heavy atom. The zero-order valence-corrected chi connectivity index (χ0v) is 10.9. The summed E-state index contributed by atoms with van der Waals surface area (Å²) in [5, 5.41) is 3.13. The fourth-order valence-electron chi connectivity index (χ4n) is 2.74. The van der Waals surface area contributed by atoms with Gasteiger partial charge in [-0.1, -0.05) is 30.3 Å². The van der Waals surface area contributed by atoms with E-state index in [0.29, 0.717) is 5.69 Å². The second-order valence-corrected chi connectivity index (χ2v) is 5.16. The van der Waals surface area contributed by atoms with Crippen molar-refractivity contribution in [1.82, 2.24) is 10.3 Å². The van der Waals surface area contributed by atoms with Gasteiger partial charge in [0.1, 0.15) is 5.69 Å². The number of aryl methyl sites for hydroxylation is 1. The van der Waals surface area contributed by atoms with Crippen molar-refractivity contribution >= 4 is 5.91 Å². The van der Waals surface area contributed by atoms with E-state index in [9.17, 15) is 4.79 Å². The van der Waals surface area contributed by atoms with Gasteiger partial charge < -0.3 is 5.32 Å². The fourth-order valence-corrected chi connectivity index (χ4v) is 2.74. The Morgan fingerprint density at radius 1 is 1.21 bits per heavy atom. The number of pyridine rings is 1. The number of amides is 1. The molecular weight excluding hydrogens is 236 g/mol. The Balaban J connectivity index is 1.86. The van der Waals surface area contributed by atoms with E-state index in [4.69, 9.17) is 0 Å². The first kappa shape index (κ1) is 11.9. The van der Waals surface area contributed by atoms with Crippen molar-refractivity contribution in [2.45, 2.75) is 25.3 Å². The molecular formula is C16H16N2O. The molecule has 1 amide bonds. The lowest BCUT2D eigenvalue weighted by atomic mass is 9.94. The zero-order valence-electron chi connectivity index (χ0n) is 10.9. The number of carbonyl (C=O) groups excluding carboxylic acids is 1. The maximum Gasteiger partial charge on any atom is 0.270 e. The van der Waals surface area contributed by atoms with Crippen LogP contribution in [-0.2, 0) is 12.0 Å². The first-order valence-electron chi connectivity index (χ1n) is 6.51. The molecule has 3 heteroatoms.